The normalized spacial score (nSPS) is 15.0. The highest BCUT2D eigenvalue weighted by Crippen LogP contribution is 2.47. The largest absolute Gasteiger partial charge is 0.504 e. The fourth-order valence-corrected chi connectivity index (χ4v) is 2.54. The van der Waals surface area contributed by atoms with E-state index in [0.29, 0.717) is 12.3 Å². The lowest BCUT2D eigenvalue weighted by molar-refractivity contribution is 0.207. The number of nitrogens with zero attached hydrogens (tertiary/aromatic N) is 1. The van der Waals surface area contributed by atoms with Gasteiger partial charge in [-0.25, -0.2) is 0 Å². The van der Waals surface area contributed by atoms with Crippen molar-refractivity contribution in [3.8, 4) is 17.6 Å². The first-order valence-corrected chi connectivity index (χ1v) is 6.58. The van der Waals surface area contributed by atoms with Crippen molar-refractivity contribution in [2.45, 2.75) is 46.5 Å². The molecule has 0 aliphatic heterocycles. The second-order valence-electron chi connectivity index (χ2n) is 6.57. The van der Waals surface area contributed by atoms with E-state index in [4.69, 9.17) is 0 Å². The van der Waals surface area contributed by atoms with Gasteiger partial charge in [-0.05, 0) is 35.4 Å². The van der Waals surface area contributed by atoms with Gasteiger partial charge in [0.25, 0.3) is 0 Å². The van der Waals surface area contributed by atoms with Crippen molar-refractivity contribution in [3.05, 3.63) is 23.8 Å². The third-order valence-corrected chi connectivity index (χ3v) is 3.65. The van der Waals surface area contributed by atoms with Crippen molar-refractivity contribution in [2.24, 2.45) is 11.3 Å². The molecular formula is C16H23NO2. The molecule has 0 amide bonds. The Morgan fingerprint density at radius 3 is 2.11 bits per heavy atom. The van der Waals surface area contributed by atoms with Crippen molar-refractivity contribution < 1.29 is 10.2 Å². The second-order valence-corrected chi connectivity index (χ2v) is 6.57. The van der Waals surface area contributed by atoms with E-state index in [2.05, 4.69) is 19.9 Å². The molecule has 0 bridgehead atoms. The van der Waals surface area contributed by atoms with Crippen LogP contribution >= 0.6 is 0 Å². The minimum absolute atomic E-state index is 0.158. The molecule has 0 saturated carbocycles. The van der Waals surface area contributed by atoms with E-state index in [1.807, 2.05) is 20.8 Å². The van der Waals surface area contributed by atoms with Crippen LogP contribution < -0.4 is 0 Å². The van der Waals surface area contributed by atoms with Crippen LogP contribution in [0.1, 0.15) is 46.6 Å². The summed E-state index contributed by atoms with van der Waals surface area (Å²) in [6, 6.07) is 7.14. The smallest absolute Gasteiger partial charge is 0.157 e. The minimum Gasteiger partial charge on any atom is -0.504 e. The summed E-state index contributed by atoms with van der Waals surface area (Å²) in [6.07, 6.45) is 0.706. The van der Waals surface area contributed by atoms with Crippen LogP contribution in [-0.4, -0.2) is 10.2 Å². The summed E-state index contributed by atoms with van der Waals surface area (Å²) in [5, 5.41) is 28.9. The summed E-state index contributed by atoms with van der Waals surface area (Å²) in [5.74, 6) is 0.0222. The Morgan fingerprint density at radius 2 is 1.74 bits per heavy atom. The van der Waals surface area contributed by atoms with Gasteiger partial charge in [0.05, 0.1) is 11.5 Å². The maximum atomic E-state index is 9.78. The summed E-state index contributed by atoms with van der Waals surface area (Å²) < 4.78 is 0. The second kappa shape index (κ2) is 5.13. The maximum Gasteiger partial charge on any atom is 0.157 e. The highest BCUT2D eigenvalue weighted by atomic mass is 16.3. The number of phenols is 2. The SMILES string of the molecule is CC(C)CC(C#N)(c1ccc(O)c(O)c1)C(C)(C)C. The number of phenolic OH excluding ortho intramolecular Hbond substituents is 2. The lowest BCUT2D eigenvalue weighted by Crippen LogP contribution is -2.40. The first kappa shape index (κ1) is 15.4. The molecule has 0 fully saturated rings. The first-order chi connectivity index (χ1) is 8.64. The maximum absolute atomic E-state index is 9.78. The number of nitriles is 1. The van der Waals surface area contributed by atoms with Gasteiger partial charge >= 0.3 is 0 Å². The van der Waals surface area contributed by atoms with Gasteiger partial charge in [0.1, 0.15) is 0 Å². The highest BCUT2D eigenvalue weighted by Gasteiger charge is 2.44. The molecule has 0 spiro atoms. The van der Waals surface area contributed by atoms with Crippen LogP contribution in [0.25, 0.3) is 0 Å². The molecule has 1 rings (SSSR count). The zero-order valence-corrected chi connectivity index (χ0v) is 12.4. The Labute approximate surface area is 115 Å². The number of hydrogen-bond acceptors (Lipinski definition) is 3. The van der Waals surface area contributed by atoms with Crippen molar-refractivity contribution >= 4 is 0 Å². The Morgan fingerprint density at radius 1 is 1.16 bits per heavy atom. The molecule has 104 valence electrons. The lowest BCUT2D eigenvalue weighted by atomic mass is 9.60. The molecular weight excluding hydrogens is 238 g/mol. The fourth-order valence-electron chi connectivity index (χ4n) is 2.54. The highest BCUT2D eigenvalue weighted by molar-refractivity contribution is 5.46. The van der Waals surface area contributed by atoms with E-state index < -0.39 is 5.41 Å². The molecule has 0 radical (unpaired) electrons. The molecule has 0 aromatic heterocycles. The summed E-state index contributed by atoms with van der Waals surface area (Å²) in [6.45, 7) is 10.3. The topological polar surface area (TPSA) is 64.2 Å². The van der Waals surface area contributed by atoms with Crippen molar-refractivity contribution in [1.29, 1.82) is 5.26 Å². The van der Waals surface area contributed by atoms with Gasteiger partial charge in [-0.1, -0.05) is 40.7 Å². The Kier molecular flexibility index (Phi) is 4.15. The Hall–Kier alpha value is -1.69. The summed E-state index contributed by atoms with van der Waals surface area (Å²) in [7, 11) is 0. The van der Waals surface area contributed by atoms with E-state index in [1.165, 1.54) is 12.1 Å². The average molecular weight is 261 g/mol. The fraction of sp³-hybridized carbons (Fsp3) is 0.562. The van der Waals surface area contributed by atoms with Crippen LogP contribution in [0.2, 0.25) is 0 Å². The van der Waals surface area contributed by atoms with Gasteiger partial charge in [-0.15, -0.1) is 0 Å². The van der Waals surface area contributed by atoms with Crippen LogP contribution in [0, 0.1) is 22.7 Å². The number of hydrogen-bond donors (Lipinski definition) is 2. The summed E-state index contributed by atoms with van der Waals surface area (Å²) in [5.41, 5.74) is -0.201. The molecule has 3 heteroatoms. The summed E-state index contributed by atoms with van der Waals surface area (Å²) >= 11 is 0. The lowest BCUT2D eigenvalue weighted by Gasteiger charge is -2.41. The van der Waals surface area contributed by atoms with Gasteiger partial charge in [0, 0.05) is 0 Å². The molecule has 19 heavy (non-hydrogen) atoms. The van der Waals surface area contributed by atoms with Crippen LogP contribution in [0.3, 0.4) is 0 Å². The van der Waals surface area contributed by atoms with Crippen molar-refractivity contribution in [2.75, 3.05) is 0 Å². The number of aromatic hydroxyl groups is 2. The van der Waals surface area contributed by atoms with E-state index in [0.717, 1.165) is 5.56 Å². The zero-order valence-electron chi connectivity index (χ0n) is 12.4. The first-order valence-electron chi connectivity index (χ1n) is 6.58. The van der Waals surface area contributed by atoms with Crippen LogP contribution in [0.15, 0.2) is 18.2 Å². The average Bonchev–Trinajstić information content (AvgIpc) is 2.27. The van der Waals surface area contributed by atoms with Gasteiger partial charge in [0.2, 0.25) is 0 Å². The monoisotopic (exact) mass is 261 g/mol. The van der Waals surface area contributed by atoms with Crippen molar-refractivity contribution in [3.63, 3.8) is 0 Å². The molecule has 0 aliphatic carbocycles. The molecule has 3 nitrogen and oxygen atoms in total. The van der Waals surface area contributed by atoms with Gasteiger partial charge in [-0.3, -0.25) is 0 Å². The molecule has 0 aliphatic rings. The number of benzene rings is 1. The van der Waals surface area contributed by atoms with Crippen LogP contribution in [-0.2, 0) is 5.41 Å². The van der Waals surface area contributed by atoms with Crippen molar-refractivity contribution in [1.82, 2.24) is 0 Å². The summed E-state index contributed by atoms with van der Waals surface area (Å²) in [4.78, 5) is 0. The quantitative estimate of drug-likeness (QED) is 0.810. The van der Waals surface area contributed by atoms with Crippen LogP contribution in [0.5, 0.6) is 11.5 Å². The zero-order chi connectivity index (χ0) is 14.8. The van der Waals surface area contributed by atoms with E-state index in [9.17, 15) is 15.5 Å². The van der Waals surface area contributed by atoms with Gasteiger partial charge in [0.15, 0.2) is 11.5 Å². The van der Waals surface area contributed by atoms with Crippen LogP contribution in [0.4, 0.5) is 0 Å². The molecule has 2 N–H and O–H groups in total. The molecule has 1 aromatic carbocycles. The molecule has 0 heterocycles. The van der Waals surface area contributed by atoms with Gasteiger partial charge < -0.3 is 10.2 Å². The molecule has 1 aromatic rings. The standard InChI is InChI=1S/C16H23NO2/c1-11(2)9-16(10-17,15(3,4)5)12-6-7-13(18)14(19)8-12/h6-8,11,18-19H,9H2,1-5H3. The predicted molar refractivity (Wildman–Crippen MR) is 76.0 cm³/mol. The molecule has 1 unspecified atom stereocenters. The molecule has 1 atom stereocenters. The van der Waals surface area contributed by atoms with E-state index in [-0.39, 0.29) is 16.9 Å². The minimum atomic E-state index is -0.688. The third kappa shape index (κ3) is 2.84. The van der Waals surface area contributed by atoms with Gasteiger partial charge in [-0.2, -0.15) is 5.26 Å². The predicted octanol–water partition coefficient (Wildman–Crippen LogP) is 3.95. The van der Waals surface area contributed by atoms with E-state index >= 15 is 0 Å². The third-order valence-electron chi connectivity index (χ3n) is 3.65. The Balaban J connectivity index is 3.47. The Bertz CT molecular complexity index is 494. The molecule has 0 saturated heterocycles. The van der Waals surface area contributed by atoms with E-state index in [1.54, 1.807) is 6.07 Å². The number of rotatable bonds is 3.